The van der Waals surface area contributed by atoms with Crippen LogP contribution < -0.4 is 0 Å². The molecule has 3 aliphatic carbocycles. The van der Waals surface area contributed by atoms with Gasteiger partial charge in [-0.05, 0) is 30.8 Å². The lowest BCUT2D eigenvalue weighted by Gasteiger charge is -2.34. The fourth-order valence-corrected chi connectivity index (χ4v) is 4.52. The number of allylic oxidation sites excluding steroid dienone is 1. The SMILES string of the molecule is O=C1O[C@H]2C=C[C@@]34CCCC[C@@]3(C2)[C@@H]14. The van der Waals surface area contributed by atoms with Crippen LogP contribution in [0.2, 0.25) is 0 Å². The van der Waals surface area contributed by atoms with Crippen molar-refractivity contribution < 1.29 is 9.53 Å². The fraction of sp³-hybridized carbons (Fsp3) is 0.750. The van der Waals surface area contributed by atoms with Crippen molar-refractivity contribution in [3.05, 3.63) is 12.2 Å². The maximum atomic E-state index is 11.8. The van der Waals surface area contributed by atoms with Gasteiger partial charge in [-0.2, -0.15) is 0 Å². The first-order valence-corrected chi connectivity index (χ1v) is 5.68. The molecule has 4 atom stereocenters. The normalized spacial score (nSPS) is 57.6. The van der Waals surface area contributed by atoms with Crippen molar-refractivity contribution in [2.45, 2.75) is 38.2 Å². The number of rotatable bonds is 0. The second-order valence-corrected chi connectivity index (χ2v) is 5.38. The summed E-state index contributed by atoms with van der Waals surface area (Å²) in [7, 11) is 0. The number of hydrogen-bond acceptors (Lipinski definition) is 2. The lowest BCUT2D eigenvalue weighted by molar-refractivity contribution is -0.154. The Morgan fingerprint density at radius 3 is 3.14 bits per heavy atom. The van der Waals surface area contributed by atoms with E-state index in [0.29, 0.717) is 5.41 Å². The monoisotopic (exact) mass is 190 g/mol. The lowest BCUT2D eigenvalue weighted by Crippen LogP contribution is -2.32. The minimum absolute atomic E-state index is 0.0909. The molecule has 2 bridgehead atoms. The van der Waals surface area contributed by atoms with Crippen LogP contribution in [0.3, 0.4) is 0 Å². The van der Waals surface area contributed by atoms with Gasteiger partial charge in [-0.1, -0.05) is 18.9 Å². The predicted octanol–water partition coefficient (Wildman–Crippen LogP) is 2.05. The Kier molecular flexibility index (Phi) is 1.03. The summed E-state index contributed by atoms with van der Waals surface area (Å²) >= 11 is 0. The van der Waals surface area contributed by atoms with Crippen molar-refractivity contribution in [2.75, 3.05) is 0 Å². The van der Waals surface area contributed by atoms with Gasteiger partial charge < -0.3 is 4.74 Å². The highest BCUT2D eigenvalue weighted by molar-refractivity contribution is 5.82. The van der Waals surface area contributed by atoms with E-state index in [1.807, 2.05) is 0 Å². The Bertz CT molecular complexity index is 359. The smallest absolute Gasteiger partial charge is 0.311 e. The highest BCUT2D eigenvalue weighted by atomic mass is 16.5. The molecular weight excluding hydrogens is 176 g/mol. The van der Waals surface area contributed by atoms with Crippen LogP contribution in [0.1, 0.15) is 32.1 Å². The van der Waals surface area contributed by atoms with Crippen molar-refractivity contribution in [1.29, 1.82) is 0 Å². The second kappa shape index (κ2) is 1.93. The van der Waals surface area contributed by atoms with E-state index in [0.717, 1.165) is 6.42 Å². The molecule has 0 unspecified atom stereocenters. The third-order valence-corrected chi connectivity index (χ3v) is 5.05. The van der Waals surface area contributed by atoms with Gasteiger partial charge in [0.15, 0.2) is 0 Å². The van der Waals surface area contributed by atoms with Crippen LogP contribution in [0.4, 0.5) is 0 Å². The molecule has 1 saturated heterocycles. The van der Waals surface area contributed by atoms with E-state index in [-0.39, 0.29) is 23.4 Å². The summed E-state index contributed by atoms with van der Waals surface area (Å²) in [5, 5.41) is 0. The molecule has 0 aromatic carbocycles. The van der Waals surface area contributed by atoms with Crippen molar-refractivity contribution in [1.82, 2.24) is 0 Å². The Morgan fingerprint density at radius 2 is 2.21 bits per heavy atom. The van der Waals surface area contributed by atoms with Crippen LogP contribution in [0.15, 0.2) is 12.2 Å². The molecule has 2 nitrogen and oxygen atoms in total. The van der Waals surface area contributed by atoms with Gasteiger partial charge >= 0.3 is 5.97 Å². The summed E-state index contributed by atoms with van der Waals surface area (Å²) in [6.07, 6.45) is 10.7. The molecule has 2 saturated carbocycles. The number of esters is 1. The highest BCUT2D eigenvalue weighted by Gasteiger charge is 2.81. The number of carbonyl (C=O) groups excluding carboxylic acids is 1. The van der Waals surface area contributed by atoms with E-state index in [4.69, 9.17) is 4.74 Å². The molecule has 4 aliphatic rings. The number of ether oxygens (including phenoxy) is 1. The van der Waals surface area contributed by atoms with E-state index < -0.39 is 0 Å². The largest absolute Gasteiger partial charge is 0.458 e. The van der Waals surface area contributed by atoms with Crippen molar-refractivity contribution >= 4 is 5.97 Å². The van der Waals surface area contributed by atoms with Crippen LogP contribution in [0.5, 0.6) is 0 Å². The van der Waals surface area contributed by atoms with Crippen LogP contribution >= 0.6 is 0 Å². The van der Waals surface area contributed by atoms with Gasteiger partial charge in [0, 0.05) is 5.41 Å². The Morgan fingerprint density at radius 1 is 1.36 bits per heavy atom. The molecule has 74 valence electrons. The van der Waals surface area contributed by atoms with E-state index in [1.54, 1.807) is 0 Å². The average Bonchev–Trinajstić information content (AvgIpc) is 2.83. The maximum absolute atomic E-state index is 11.8. The van der Waals surface area contributed by atoms with Crippen LogP contribution in [0.25, 0.3) is 0 Å². The zero-order valence-corrected chi connectivity index (χ0v) is 8.16. The number of hydrogen-bond donors (Lipinski definition) is 0. The first-order chi connectivity index (χ1) is 6.79. The molecule has 0 aromatic rings. The van der Waals surface area contributed by atoms with Gasteiger partial charge in [-0.3, -0.25) is 4.79 Å². The Hall–Kier alpha value is -0.790. The molecule has 1 heterocycles. The number of fused-ring (bicyclic) bond motifs is 1. The fourth-order valence-electron chi connectivity index (χ4n) is 4.52. The van der Waals surface area contributed by atoms with Crippen LogP contribution in [-0.4, -0.2) is 12.1 Å². The zero-order chi connectivity index (χ0) is 9.39. The molecule has 4 rings (SSSR count). The minimum Gasteiger partial charge on any atom is -0.458 e. The molecule has 0 N–H and O–H groups in total. The summed E-state index contributed by atoms with van der Waals surface area (Å²) in [6, 6.07) is 0. The molecule has 1 spiro atoms. The Labute approximate surface area is 83.3 Å². The van der Waals surface area contributed by atoms with E-state index in [1.165, 1.54) is 25.7 Å². The van der Waals surface area contributed by atoms with Gasteiger partial charge in [0.2, 0.25) is 0 Å². The summed E-state index contributed by atoms with van der Waals surface area (Å²) in [4.78, 5) is 11.8. The quantitative estimate of drug-likeness (QED) is 0.431. The summed E-state index contributed by atoms with van der Waals surface area (Å²) in [5.41, 5.74) is 0.593. The van der Waals surface area contributed by atoms with E-state index >= 15 is 0 Å². The first kappa shape index (κ1) is 7.49. The standard InChI is InChI=1S/C12H14O2/c13-10-9-11-4-1-2-5-12(9,11)7-8(14-10)3-6-11/h3,6,8-9H,1-2,4-5,7H2/t8-,9-,11+,12+/m0/s1. The molecule has 14 heavy (non-hydrogen) atoms. The second-order valence-electron chi connectivity index (χ2n) is 5.38. The molecule has 0 amide bonds. The topological polar surface area (TPSA) is 26.3 Å². The van der Waals surface area contributed by atoms with Gasteiger partial charge in [-0.25, -0.2) is 0 Å². The van der Waals surface area contributed by atoms with Gasteiger partial charge in [-0.15, -0.1) is 0 Å². The third kappa shape index (κ3) is 0.547. The zero-order valence-electron chi connectivity index (χ0n) is 8.16. The first-order valence-electron chi connectivity index (χ1n) is 5.68. The van der Waals surface area contributed by atoms with Crippen LogP contribution in [0, 0.1) is 16.7 Å². The molecule has 0 radical (unpaired) electrons. The van der Waals surface area contributed by atoms with E-state index in [9.17, 15) is 4.79 Å². The third-order valence-electron chi connectivity index (χ3n) is 5.05. The maximum Gasteiger partial charge on any atom is 0.311 e. The van der Waals surface area contributed by atoms with Crippen molar-refractivity contribution in [2.24, 2.45) is 16.7 Å². The van der Waals surface area contributed by atoms with Gasteiger partial charge in [0.1, 0.15) is 6.10 Å². The van der Waals surface area contributed by atoms with Crippen LogP contribution in [-0.2, 0) is 9.53 Å². The lowest BCUT2D eigenvalue weighted by atomic mass is 9.73. The molecule has 0 aromatic heterocycles. The molecule has 2 heteroatoms. The molecular formula is C12H14O2. The Balaban J connectivity index is 1.90. The summed E-state index contributed by atoms with van der Waals surface area (Å²) in [5.74, 6) is 0.320. The van der Waals surface area contributed by atoms with E-state index in [2.05, 4.69) is 12.2 Å². The summed E-state index contributed by atoms with van der Waals surface area (Å²) < 4.78 is 5.39. The molecule has 3 fully saturated rings. The van der Waals surface area contributed by atoms with Crippen molar-refractivity contribution in [3.63, 3.8) is 0 Å². The summed E-state index contributed by atoms with van der Waals surface area (Å²) in [6.45, 7) is 0. The average molecular weight is 190 g/mol. The highest BCUT2D eigenvalue weighted by Crippen LogP contribution is 2.81. The number of carbonyl (C=O) groups is 1. The van der Waals surface area contributed by atoms with Gasteiger partial charge in [0.25, 0.3) is 0 Å². The predicted molar refractivity (Wildman–Crippen MR) is 50.5 cm³/mol. The van der Waals surface area contributed by atoms with Gasteiger partial charge in [0.05, 0.1) is 5.92 Å². The van der Waals surface area contributed by atoms with Crippen molar-refractivity contribution in [3.8, 4) is 0 Å². The minimum atomic E-state index is 0.0909. The molecule has 1 aliphatic heterocycles.